The fourth-order valence-electron chi connectivity index (χ4n) is 2.36. The van der Waals surface area contributed by atoms with E-state index >= 15 is 0 Å². The Kier molecular flexibility index (Phi) is 2.47. The zero-order valence-corrected chi connectivity index (χ0v) is 8.98. The molecular weight excluding hydrogens is 186 g/mol. The van der Waals surface area contributed by atoms with Crippen molar-refractivity contribution in [2.45, 2.75) is 18.9 Å². The fourth-order valence-corrected chi connectivity index (χ4v) is 2.36. The molecule has 2 heteroatoms. The van der Waals surface area contributed by atoms with Crippen LogP contribution in [-0.4, -0.2) is 37.2 Å². The number of fused-ring (bicyclic) bond motifs is 1. The molecule has 1 fully saturated rings. The molecular formula is C13H17NO. The van der Waals surface area contributed by atoms with E-state index in [4.69, 9.17) is 4.74 Å². The minimum absolute atomic E-state index is 0.534. The maximum atomic E-state index is 5.29. The predicted molar refractivity (Wildman–Crippen MR) is 60.0 cm³/mol. The summed E-state index contributed by atoms with van der Waals surface area (Å²) in [5.41, 5.74) is 3.08. The van der Waals surface area contributed by atoms with Crippen molar-refractivity contribution in [1.82, 2.24) is 4.90 Å². The summed E-state index contributed by atoms with van der Waals surface area (Å²) in [5.74, 6) is 0. The molecule has 15 heavy (non-hydrogen) atoms. The molecule has 0 bridgehead atoms. The standard InChI is InChI=1S/C13H17NO/c1-2-4-12-6-8-14(9-13-10-15-13)7-5-11(12)3-1/h1-4,13H,5-10H2. The van der Waals surface area contributed by atoms with E-state index in [-0.39, 0.29) is 0 Å². The van der Waals surface area contributed by atoms with Gasteiger partial charge < -0.3 is 9.64 Å². The summed E-state index contributed by atoms with van der Waals surface area (Å²) in [4.78, 5) is 2.54. The lowest BCUT2D eigenvalue weighted by Gasteiger charge is -2.17. The van der Waals surface area contributed by atoms with Gasteiger partial charge in [0.1, 0.15) is 0 Å². The monoisotopic (exact) mass is 203 g/mol. The SMILES string of the molecule is c1ccc2c(c1)CCN(CC1CO1)CC2. The molecule has 0 radical (unpaired) electrons. The Morgan fingerprint density at radius 2 is 1.73 bits per heavy atom. The number of ether oxygens (including phenoxy) is 1. The van der Waals surface area contributed by atoms with Gasteiger partial charge in [-0.3, -0.25) is 0 Å². The quantitative estimate of drug-likeness (QED) is 0.677. The van der Waals surface area contributed by atoms with Crippen LogP contribution in [0.5, 0.6) is 0 Å². The summed E-state index contributed by atoms with van der Waals surface area (Å²) in [6.07, 6.45) is 2.93. The lowest BCUT2D eigenvalue weighted by Crippen LogP contribution is -2.30. The summed E-state index contributed by atoms with van der Waals surface area (Å²) < 4.78 is 5.29. The minimum Gasteiger partial charge on any atom is -0.372 e. The number of epoxide rings is 1. The Morgan fingerprint density at radius 1 is 1.13 bits per heavy atom. The summed E-state index contributed by atoms with van der Waals surface area (Å²) in [6, 6.07) is 8.84. The zero-order valence-electron chi connectivity index (χ0n) is 8.98. The average molecular weight is 203 g/mol. The van der Waals surface area contributed by atoms with Crippen LogP contribution in [0.2, 0.25) is 0 Å². The van der Waals surface area contributed by atoms with Gasteiger partial charge in [0.25, 0.3) is 0 Å². The Balaban J connectivity index is 1.68. The molecule has 1 aromatic carbocycles. The average Bonchev–Trinajstić information content (AvgIpc) is 3.07. The molecule has 0 saturated carbocycles. The molecule has 2 aliphatic heterocycles. The largest absolute Gasteiger partial charge is 0.372 e. The van der Waals surface area contributed by atoms with Gasteiger partial charge in [-0.15, -0.1) is 0 Å². The topological polar surface area (TPSA) is 15.8 Å². The number of nitrogens with zero attached hydrogens (tertiary/aromatic N) is 1. The van der Waals surface area contributed by atoms with Gasteiger partial charge in [-0.25, -0.2) is 0 Å². The van der Waals surface area contributed by atoms with E-state index in [2.05, 4.69) is 29.2 Å². The number of rotatable bonds is 2. The first-order valence-electron chi connectivity index (χ1n) is 5.82. The fraction of sp³-hybridized carbons (Fsp3) is 0.538. The van der Waals surface area contributed by atoms with E-state index in [0.29, 0.717) is 6.10 Å². The van der Waals surface area contributed by atoms with Crippen molar-refractivity contribution < 1.29 is 4.74 Å². The van der Waals surface area contributed by atoms with Crippen molar-refractivity contribution in [1.29, 1.82) is 0 Å². The van der Waals surface area contributed by atoms with Gasteiger partial charge in [0.2, 0.25) is 0 Å². The van der Waals surface area contributed by atoms with Crippen molar-refractivity contribution >= 4 is 0 Å². The van der Waals surface area contributed by atoms with Gasteiger partial charge in [0, 0.05) is 19.6 Å². The predicted octanol–water partition coefficient (Wildman–Crippen LogP) is 1.49. The third kappa shape index (κ3) is 2.21. The van der Waals surface area contributed by atoms with E-state index in [1.54, 1.807) is 0 Å². The maximum absolute atomic E-state index is 5.29. The highest BCUT2D eigenvalue weighted by atomic mass is 16.6. The normalized spacial score (nSPS) is 25.7. The van der Waals surface area contributed by atoms with Crippen molar-refractivity contribution in [2.75, 3.05) is 26.2 Å². The maximum Gasteiger partial charge on any atom is 0.0936 e. The zero-order chi connectivity index (χ0) is 10.1. The van der Waals surface area contributed by atoms with Crippen molar-refractivity contribution in [2.24, 2.45) is 0 Å². The number of hydrogen-bond donors (Lipinski definition) is 0. The summed E-state index contributed by atoms with van der Waals surface area (Å²) in [6.45, 7) is 4.49. The van der Waals surface area contributed by atoms with Crippen LogP contribution < -0.4 is 0 Å². The summed E-state index contributed by atoms with van der Waals surface area (Å²) in [7, 11) is 0. The van der Waals surface area contributed by atoms with E-state index in [1.165, 1.54) is 37.1 Å². The Hall–Kier alpha value is -0.860. The van der Waals surface area contributed by atoms with Crippen LogP contribution in [0.15, 0.2) is 24.3 Å². The first-order valence-corrected chi connectivity index (χ1v) is 5.82. The second-order valence-electron chi connectivity index (χ2n) is 4.52. The number of hydrogen-bond acceptors (Lipinski definition) is 2. The molecule has 2 heterocycles. The highest BCUT2D eigenvalue weighted by molar-refractivity contribution is 5.28. The first kappa shape index (κ1) is 9.37. The highest BCUT2D eigenvalue weighted by Gasteiger charge is 2.26. The first-order chi connectivity index (χ1) is 7.42. The van der Waals surface area contributed by atoms with Gasteiger partial charge in [-0.2, -0.15) is 0 Å². The molecule has 1 atom stereocenters. The smallest absolute Gasteiger partial charge is 0.0936 e. The van der Waals surface area contributed by atoms with Gasteiger partial charge in [0.05, 0.1) is 12.7 Å². The van der Waals surface area contributed by atoms with Crippen molar-refractivity contribution in [3.05, 3.63) is 35.4 Å². The molecule has 80 valence electrons. The van der Waals surface area contributed by atoms with Crippen LogP contribution in [0.25, 0.3) is 0 Å². The molecule has 1 unspecified atom stereocenters. The number of benzene rings is 1. The molecule has 1 aromatic rings. The molecule has 2 aliphatic rings. The Morgan fingerprint density at radius 3 is 2.27 bits per heavy atom. The lowest BCUT2D eigenvalue weighted by atomic mass is 10.0. The molecule has 0 spiro atoms. The third-order valence-corrected chi connectivity index (χ3v) is 3.38. The molecule has 0 aliphatic carbocycles. The van der Waals surface area contributed by atoms with Gasteiger partial charge in [-0.1, -0.05) is 24.3 Å². The van der Waals surface area contributed by atoms with Crippen LogP contribution in [0.3, 0.4) is 0 Å². The van der Waals surface area contributed by atoms with Gasteiger partial charge in [0.15, 0.2) is 0 Å². The molecule has 0 amide bonds. The Labute approximate surface area is 90.8 Å². The molecule has 1 saturated heterocycles. The Bertz CT molecular complexity index is 319. The molecule has 0 N–H and O–H groups in total. The molecule has 0 aromatic heterocycles. The van der Waals surface area contributed by atoms with Crippen molar-refractivity contribution in [3.63, 3.8) is 0 Å². The second-order valence-corrected chi connectivity index (χ2v) is 4.52. The van der Waals surface area contributed by atoms with Crippen LogP contribution in [-0.2, 0) is 17.6 Å². The summed E-state index contributed by atoms with van der Waals surface area (Å²) in [5, 5.41) is 0. The van der Waals surface area contributed by atoms with Crippen LogP contribution in [0.4, 0.5) is 0 Å². The third-order valence-electron chi connectivity index (χ3n) is 3.38. The van der Waals surface area contributed by atoms with E-state index in [0.717, 1.165) is 13.2 Å². The van der Waals surface area contributed by atoms with Gasteiger partial charge >= 0.3 is 0 Å². The summed E-state index contributed by atoms with van der Waals surface area (Å²) >= 11 is 0. The van der Waals surface area contributed by atoms with Crippen LogP contribution >= 0.6 is 0 Å². The molecule has 2 nitrogen and oxygen atoms in total. The minimum atomic E-state index is 0.534. The van der Waals surface area contributed by atoms with E-state index in [1.807, 2.05) is 0 Å². The second kappa shape index (κ2) is 3.95. The van der Waals surface area contributed by atoms with Gasteiger partial charge in [-0.05, 0) is 24.0 Å². The van der Waals surface area contributed by atoms with Crippen LogP contribution in [0.1, 0.15) is 11.1 Å². The van der Waals surface area contributed by atoms with Crippen molar-refractivity contribution in [3.8, 4) is 0 Å². The highest BCUT2D eigenvalue weighted by Crippen LogP contribution is 2.17. The molecule has 3 rings (SSSR count). The van der Waals surface area contributed by atoms with E-state index < -0.39 is 0 Å². The lowest BCUT2D eigenvalue weighted by molar-refractivity contribution is 0.251. The van der Waals surface area contributed by atoms with Crippen LogP contribution in [0, 0.1) is 0 Å². The van der Waals surface area contributed by atoms with E-state index in [9.17, 15) is 0 Å².